The number of amides is 2. The smallest absolute Gasteiger partial charge is 0.270 e. The third-order valence-electron chi connectivity index (χ3n) is 9.27. The lowest BCUT2D eigenvalue weighted by atomic mass is 9.77. The maximum atomic E-state index is 14.1. The van der Waals surface area contributed by atoms with Crippen LogP contribution >= 0.6 is 0 Å². The first-order valence-corrected chi connectivity index (χ1v) is 15.5. The summed E-state index contributed by atoms with van der Waals surface area (Å²) in [5.41, 5.74) is 12.4. The third-order valence-corrected chi connectivity index (χ3v) is 9.27. The Kier molecular flexibility index (Phi) is 7.55. The fraction of sp³-hybridized carbons (Fsp3) is 0.278. The minimum Gasteiger partial charge on any atom is -0.338 e. The van der Waals surface area contributed by atoms with Crippen LogP contribution in [0.2, 0.25) is 0 Å². The zero-order valence-electron chi connectivity index (χ0n) is 25.8. The van der Waals surface area contributed by atoms with E-state index in [1.165, 1.54) is 21.4 Å². The summed E-state index contributed by atoms with van der Waals surface area (Å²) in [6.07, 6.45) is 4.25. The van der Waals surface area contributed by atoms with Gasteiger partial charge >= 0.3 is 0 Å². The molecule has 9 nitrogen and oxygen atoms in total. The number of anilines is 1. The molecule has 1 unspecified atom stereocenters. The van der Waals surface area contributed by atoms with Crippen LogP contribution in [0.3, 0.4) is 0 Å². The summed E-state index contributed by atoms with van der Waals surface area (Å²) in [4.78, 5) is 27.7. The first kappa shape index (κ1) is 28.7. The Labute approximate surface area is 262 Å². The molecule has 3 heterocycles. The highest BCUT2D eigenvalue weighted by atomic mass is 16.2. The van der Waals surface area contributed by atoms with E-state index in [-0.39, 0.29) is 17.7 Å². The lowest BCUT2D eigenvalue weighted by Crippen LogP contribution is -2.48. The zero-order chi connectivity index (χ0) is 31.1. The van der Waals surface area contributed by atoms with Gasteiger partial charge in [-0.1, -0.05) is 42.5 Å². The van der Waals surface area contributed by atoms with Gasteiger partial charge in [0.2, 0.25) is 5.91 Å². The van der Waals surface area contributed by atoms with Crippen molar-refractivity contribution in [3.63, 3.8) is 0 Å². The minimum atomic E-state index is -0.788. The molecule has 2 aliphatic rings. The molecule has 0 spiro atoms. The number of hydrogen-bond acceptors (Lipinski definition) is 5. The van der Waals surface area contributed by atoms with Crippen LogP contribution in [0.1, 0.15) is 62.9 Å². The second kappa shape index (κ2) is 11.8. The number of aromatic amines is 1. The van der Waals surface area contributed by atoms with E-state index in [9.17, 15) is 9.59 Å². The molecule has 5 aromatic rings. The van der Waals surface area contributed by atoms with Gasteiger partial charge in [-0.25, -0.2) is 0 Å². The molecule has 9 heteroatoms. The molecule has 2 amide bonds. The highest BCUT2D eigenvalue weighted by Gasteiger charge is 2.35. The quantitative estimate of drug-likeness (QED) is 0.196. The summed E-state index contributed by atoms with van der Waals surface area (Å²) in [5.74, 6) is -0.774. The van der Waals surface area contributed by atoms with Crippen molar-refractivity contribution < 1.29 is 9.59 Å². The number of carbonyl (C=O) groups is 2. The normalized spacial score (nSPS) is 16.1. The molecular formula is C36H37N7O2. The number of nitrogens with one attached hydrogen (secondary N) is 4. The molecule has 45 heavy (non-hydrogen) atoms. The second-order valence-electron chi connectivity index (χ2n) is 12.2. The maximum Gasteiger partial charge on any atom is 0.270 e. The standard InChI is InChI=1S/C36H37N7O2/c1-21-33(22(2)42-41-21)24-11-13-29(14-12-24)39-36(45)34(40-35(44)32-15-16-38-43(32)3)30-6-4-5-23-7-8-26(18-31(23)30)25-9-10-27-19-37-20-28(27)17-25/h7-18,30,34,37H,4-6,19-20H2,1-3H3,(H,39,45)(H,40,44)(H,41,42)/t30-,34?/m1/s1. The van der Waals surface area contributed by atoms with Gasteiger partial charge in [-0.05, 0) is 96.3 Å². The Morgan fingerprint density at radius 1 is 0.911 bits per heavy atom. The van der Waals surface area contributed by atoms with Crippen LogP contribution in [0, 0.1) is 13.8 Å². The lowest BCUT2D eigenvalue weighted by Gasteiger charge is -2.32. The maximum absolute atomic E-state index is 14.1. The first-order chi connectivity index (χ1) is 21.9. The predicted molar refractivity (Wildman–Crippen MR) is 175 cm³/mol. The number of nitrogens with zero attached hydrogens (tertiary/aromatic N) is 3. The molecule has 7 rings (SSSR count). The number of aromatic nitrogens is 4. The van der Waals surface area contributed by atoms with Gasteiger partial charge in [0.05, 0.1) is 5.69 Å². The number of H-pyrrole nitrogens is 1. The van der Waals surface area contributed by atoms with Crippen molar-refractivity contribution in [2.75, 3.05) is 5.32 Å². The Morgan fingerprint density at radius 3 is 2.38 bits per heavy atom. The fourth-order valence-corrected chi connectivity index (χ4v) is 6.91. The van der Waals surface area contributed by atoms with Gasteiger partial charge in [0.25, 0.3) is 5.91 Å². The minimum absolute atomic E-state index is 0.197. The Balaban J connectivity index is 1.21. The van der Waals surface area contributed by atoms with E-state index < -0.39 is 6.04 Å². The van der Waals surface area contributed by atoms with E-state index in [0.29, 0.717) is 11.4 Å². The molecule has 0 radical (unpaired) electrons. The highest BCUT2D eigenvalue weighted by Crippen LogP contribution is 2.38. The van der Waals surface area contributed by atoms with Gasteiger partial charge in [-0.15, -0.1) is 0 Å². The SMILES string of the molecule is Cc1n[nH]c(C)c1-c1ccc(NC(=O)C(NC(=O)c2ccnn2C)[C@@H]2CCCc3ccc(-c4ccc5c(c4)CNC5)cc32)cc1. The molecule has 0 saturated carbocycles. The van der Waals surface area contributed by atoms with Crippen LogP contribution in [0.25, 0.3) is 22.3 Å². The average molecular weight is 600 g/mol. The van der Waals surface area contributed by atoms with Crippen molar-refractivity contribution in [3.8, 4) is 22.3 Å². The van der Waals surface area contributed by atoms with Crippen LogP contribution in [-0.4, -0.2) is 37.8 Å². The van der Waals surface area contributed by atoms with Crippen molar-refractivity contribution in [2.45, 2.75) is 58.2 Å². The van der Waals surface area contributed by atoms with Gasteiger partial charge in [-0.3, -0.25) is 19.4 Å². The predicted octanol–water partition coefficient (Wildman–Crippen LogP) is 5.55. The summed E-state index contributed by atoms with van der Waals surface area (Å²) in [7, 11) is 1.73. The molecule has 1 aliphatic carbocycles. The van der Waals surface area contributed by atoms with Crippen LogP contribution in [0.15, 0.2) is 72.9 Å². The number of rotatable bonds is 7. The molecule has 2 aromatic heterocycles. The van der Waals surface area contributed by atoms with Crippen LogP contribution < -0.4 is 16.0 Å². The van der Waals surface area contributed by atoms with Gasteiger partial charge < -0.3 is 16.0 Å². The number of carbonyl (C=O) groups excluding carboxylic acids is 2. The van der Waals surface area contributed by atoms with E-state index in [0.717, 1.165) is 71.6 Å². The third kappa shape index (κ3) is 5.55. The second-order valence-corrected chi connectivity index (χ2v) is 12.2. The number of benzene rings is 3. The van der Waals surface area contributed by atoms with Crippen molar-refractivity contribution in [2.24, 2.45) is 7.05 Å². The van der Waals surface area contributed by atoms with E-state index in [1.54, 1.807) is 19.3 Å². The Hall–Kier alpha value is -5.02. The lowest BCUT2D eigenvalue weighted by molar-refractivity contribution is -0.118. The topological polar surface area (TPSA) is 117 Å². The molecule has 0 saturated heterocycles. The molecule has 2 atom stereocenters. The van der Waals surface area contributed by atoms with E-state index in [4.69, 9.17) is 0 Å². The van der Waals surface area contributed by atoms with Gasteiger partial charge in [0.15, 0.2) is 0 Å². The summed E-state index contributed by atoms with van der Waals surface area (Å²) in [6.45, 7) is 5.75. The van der Waals surface area contributed by atoms with Crippen molar-refractivity contribution in [3.05, 3.63) is 112 Å². The molecule has 0 bridgehead atoms. The molecule has 3 aromatic carbocycles. The number of aryl methyl sites for hydroxylation is 4. The van der Waals surface area contributed by atoms with Gasteiger partial charge in [-0.2, -0.15) is 10.2 Å². The molecule has 4 N–H and O–H groups in total. The average Bonchev–Trinajstić information content (AvgIpc) is 3.79. The van der Waals surface area contributed by atoms with Crippen LogP contribution in [0.4, 0.5) is 5.69 Å². The molecular weight excluding hydrogens is 562 g/mol. The summed E-state index contributed by atoms with van der Waals surface area (Å²) < 4.78 is 1.53. The number of hydrogen-bond donors (Lipinski definition) is 4. The largest absolute Gasteiger partial charge is 0.338 e. The van der Waals surface area contributed by atoms with E-state index in [1.807, 2.05) is 38.1 Å². The van der Waals surface area contributed by atoms with Crippen molar-refractivity contribution in [1.82, 2.24) is 30.6 Å². The monoisotopic (exact) mass is 599 g/mol. The van der Waals surface area contributed by atoms with Gasteiger partial charge in [0, 0.05) is 49.2 Å². The van der Waals surface area contributed by atoms with Crippen molar-refractivity contribution in [1.29, 1.82) is 0 Å². The highest BCUT2D eigenvalue weighted by molar-refractivity contribution is 6.01. The van der Waals surface area contributed by atoms with Gasteiger partial charge in [0.1, 0.15) is 11.7 Å². The fourth-order valence-electron chi connectivity index (χ4n) is 6.91. The summed E-state index contributed by atoms with van der Waals surface area (Å²) in [5, 5.41) is 21.1. The zero-order valence-corrected chi connectivity index (χ0v) is 25.8. The summed E-state index contributed by atoms with van der Waals surface area (Å²) >= 11 is 0. The Morgan fingerprint density at radius 2 is 1.64 bits per heavy atom. The molecule has 1 aliphatic heterocycles. The van der Waals surface area contributed by atoms with Crippen molar-refractivity contribution >= 4 is 17.5 Å². The molecule has 228 valence electrons. The number of fused-ring (bicyclic) bond motifs is 2. The van der Waals surface area contributed by atoms with Crippen LogP contribution in [-0.2, 0) is 31.4 Å². The summed E-state index contributed by atoms with van der Waals surface area (Å²) in [6, 6.07) is 21.9. The van der Waals surface area contributed by atoms with E-state index >= 15 is 0 Å². The molecule has 0 fully saturated rings. The first-order valence-electron chi connectivity index (χ1n) is 15.5. The van der Waals surface area contributed by atoms with Crippen LogP contribution in [0.5, 0.6) is 0 Å². The van der Waals surface area contributed by atoms with E-state index in [2.05, 4.69) is 67.6 Å². The Bertz CT molecular complexity index is 1880.